The fraction of sp³-hybridized carbons (Fsp3) is 0.625. The summed E-state index contributed by atoms with van der Waals surface area (Å²) in [6.07, 6.45) is 0. The van der Waals surface area contributed by atoms with Crippen molar-refractivity contribution >= 4 is 11.3 Å². The first-order valence-corrected chi connectivity index (χ1v) is 4.87. The van der Waals surface area contributed by atoms with E-state index in [1.807, 2.05) is 19.2 Å². The first-order valence-electron chi connectivity index (χ1n) is 3.99. The molecule has 0 aliphatic carbocycles. The molecule has 1 rings (SSSR count). The van der Waals surface area contributed by atoms with E-state index in [2.05, 4.69) is 4.98 Å². The molecule has 4 heteroatoms. The largest absolute Gasteiger partial charge is 0.380 e. The van der Waals surface area contributed by atoms with Gasteiger partial charge in [-0.2, -0.15) is 0 Å². The molecular formula is C8H14N2OS. The molecule has 0 aliphatic rings. The summed E-state index contributed by atoms with van der Waals surface area (Å²) in [6.45, 7) is 5.19. The van der Waals surface area contributed by atoms with Crippen LogP contribution in [0.5, 0.6) is 0 Å². The number of aromatic nitrogens is 1. The fourth-order valence-electron chi connectivity index (χ4n) is 0.881. The number of ether oxygens (including phenoxy) is 1. The Hall–Kier alpha value is -0.450. The van der Waals surface area contributed by atoms with Crippen LogP contribution in [0, 0.1) is 6.92 Å². The summed E-state index contributed by atoms with van der Waals surface area (Å²) in [6, 6.07) is -0.0742. The molecule has 0 amide bonds. The van der Waals surface area contributed by atoms with E-state index in [-0.39, 0.29) is 6.04 Å². The molecule has 1 atom stereocenters. The molecule has 68 valence electrons. The van der Waals surface area contributed by atoms with Gasteiger partial charge < -0.3 is 10.5 Å². The van der Waals surface area contributed by atoms with Crippen LogP contribution in [-0.4, -0.2) is 18.2 Å². The topological polar surface area (TPSA) is 48.1 Å². The van der Waals surface area contributed by atoms with Gasteiger partial charge in [-0.05, 0) is 13.8 Å². The van der Waals surface area contributed by atoms with Crippen molar-refractivity contribution < 1.29 is 4.74 Å². The lowest BCUT2D eigenvalue weighted by Crippen LogP contribution is -2.17. The van der Waals surface area contributed by atoms with E-state index in [0.29, 0.717) is 13.2 Å². The minimum Gasteiger partial charge on any atom is -0.380 e. The van der Waals surface area contributed by atoms with Crippen LogP contribution in [0.1, 0.15) is 23.7 Å². The first kappa shape index (κ1) is 9.64. The van der Waals surface area contributed by atoms with Gasteiger partial charge in [-0.3, -0.25) is 0 Å². The Balaban J connectivity index is 2.47. The molecule has 0 aliphatic heterocycles. The maximum Gasteiger partial charge on any atom is 0.0898 e. The molecule has 1 heterocycles. The Kier molecular flexibility index (Phi) is 3.65. The first-order chi connectivity index (χ1) is 5.74. The molecule has 0 bridgehead atoms. The number of thiazole rings is 1. The Bertz CT molecular complexity index is 237. The van der Waals surface area contributed by atoms with Crippen LogP contribution in [-0.2, 0) is 4.74 Å². The number of aryl methyl sites for hydroxylation is 1. The van der Waals surface area contributed by atoms with E-state index in [1.165, 1.54) is 0 Å². The second kappa shape index (κ2) is 4.54. The highest BCUT2D eigenvalue weighted by molar-refractivity contribution is 7.09. The van der Waals surface area contributed by atoms with Crippen LogP contribution in [0.15, 0.2) is 5.38 Å². The predicted octanol–water partition coefficient (Wildman–Crippen LogP) is 1.49. The van der Waals surface area contributed by atoms with Gasteiger partial charge in [-0.1, -0.05) is 0 Å². The van der Waals surface area contributed by atoms with Crippen LogP contribution < -0.4 is 5.73 Å². The van der Waals surface area contributed by atoms with Crippen LogP contribution in [0.3, 0.4) is 0 Å². The van der Waals surface area contributed by atoms with E-state index in [1.54, 1.807) is 11.3 Å². The Morgan fingerprint density at radius 3 is 3.00 bits per heavy atom. The summed E-state index contributed by atoms with van der Waals surface area (Å²) >= 11 is 1.62. The van der Waals surface area contributed by atoms with E-state index >= 15 is 0 Å². The lowest BCUT2D eigenvalue weighted by molar-refractivity contribution is 0.132. The van der Waals surface area contributed by atoms with Gasteiger partial charge in [0.15, 0.2) is 0 Å². The van der Waals surface area contributed by atoms with Gasteiger partial charge in [-0.25, -0.2) is 4.98 Å². The van der Waals surface area contributed by atoms with Gasteiger partial charge >= 0.3 is 0 Å². The lowest BCUT2D eigenvalue weighted by Gasteiger charge is -2.07. The summed E-state index contributed by atoms with van der Waals surface area (Å²) in [5.74, 6) is 0. The molecule has 0 saturated carbocycles. The van der Waals surface area contributed by atoms with Crippen molar-refractivity contribution in [2.75, 3.05) is 13.2 Å². The third-order valence-corrected chi connectivity index (χ3v) is 2.31. The fourth-order valence-corrected chi connectivity index (χ4v) is 1.56. The highest BCUT2D eigenvalue weighted by Crippen LogP contribution is 2.14. The predicted molar refractivity (Wildman–Crippen MR) is 50.3 cm³/mol. The summed E-state index contributed by atoms with van der Waals surface area (Å²) in [5.41, 5.74) is 6.75. The van der Waals surface area contributed by atoms with Crippen LogP contribution in [0.25, 0.3) is 0 Å². The minimum atomic E-state index is -0.0742. The standard InChI is InChI=1S/C8H14N2OS/c1-3-11-4-7(9)8-5-12-6(2)10-8/h5,7H,3-4,9H2,1-2H3. The van der Waals surface area contributed by atoms with E-state index in [0.717, 1.165) is 10.7 Å². The van der Waals surface area contributed by atoms with Gasteiger partial charge in [0.1, 0.15) is 0 Å². The molecule has 2 N–H and O–H groups in total. The molecule has 0 fully saturated rings. The maximum atomic E-state index is 5.81. The Labute approximate surface area is 76.6 Å². The average Bonchev–Trinajstić information content (AvgIpc) is 2.47. The smallest absolute Gasteiger partial charge is 0.0898 e. The second-order valence-electron chi connectivity index (χ2n) is 2.56. The molecule has 0 aromatic carbocycles. The zero-order valence-electron chi connectivity index (χ0n) is 7.41. The summed E-state index contributed by atoms with van der Waals surface area (Å²) in [7, 11) is 0. The van der Waals surface area contributed by atoms with Gasteiger partial charge in [0.2, 0.25) is 0 Å². The van der Waals surface area contributed by atoms with Gasteiger partial charge in [0, 0.05) is 12.0 Å². The molecule has 0 spiro atoms. The van der Waals surface area contributed by atoms with Crippen molar-refractivity contribution in [2.24, 2.45) is 5.73 Å². The van der Waals surface area contributed by atoms with Gasteiger partial charge in [-0.15, -0.1) is 11.3 Å². The molecule has 12 heavy (non-hydrogen) atoms. The molecule has 1 unspecified atom stereocenters. The summed E-state index contributed by atoms with van der Waals surface area (Å²) < 4.78 is 5.20. The van der Waals surface area contributed by atoms with Crippen molar-refractivity contribution in [3.05, 3.63) is 16.1 Å². The molecular weight excluding hydrogens is 172 g/mol. The normalized spacial score (nSPS) is 13.2. The van der Waals surface area contributed by atoms with Gasteiger partial charge in [0.25, 0.3) is 0 Å². The minimum absolute atomic E-state index is 0.0742. The van der Waals surface area contributed by atoms with Gasteiger partial charge in [0.05, 0.1) is 23.4 Å². The zero-order valence-corrected chi connectivity index (χ0v) is 8.23. The van der Waals surface area contributed by atoms with Crippen LogP contribution >= 0.6 is 11.3 Å². The monoisotopic (exact) mass is 186 g/mol. The third-order valence-electron chi connectivity index (χ3n) is 1.52. The van der Waals surface area contributed by atoms with E-state index < -0.39 is 0 Å². The molecule has 1 aromatic rings. The third kappa shape index (κ3) is 2.55. The SMILES string of the molecule is CCOCC(N)c1csc(C)n1. The second-order valence-corrected chi connectivity index (χ2v) is 3.62. The Morgan fingerprint density at radius 2 is 2.50 bits per heavy atom. The number of hydrogen-bond donors (Lipinski definition) is 1. The van der Waals surface area contributed by atoms with Crippen molar-refractivity contribution in [2.45, 2.75) is 19.9 Å². The van der Waals surface area contributed by atoms with E-state index in [9.17, 15) is 0 Å². The van der Waals surface area contributed by atoms with Crippen LogP contribution in [0.4, 0.5) is 0 Å². The quantitative estimate of drug-likeness (QED) is 0.775. The number of hydrogen-bond acceptors (Lipinski definition) is 4. The van der Waals surface area contributed by atoms with Crippen molar-refractivity contribution in [3.8, 4) is 0 Å². The zero-order chi connectivity index (χ0) is 8.97. The summed E-state index contributed by atoms with van der Waals surface area (Å²) in [5, 5.41) is 3.04. The van der Waals surface area contributed by atoms with E-state index in [4.69, 9.17) is 10.5 Å². The average molecular weight is 186 g/mol. The molecule has 1 aromatic heterocycles. The molecule has 0 saturated heterocycles. The lowest BCUT2D eigenvalue weighted by atomic mass is 10.3. The maximum absolute atomic E-state index is 5.81. The van der Waals surface area contributed by atoms with Crippen molar-refractivity contribution in [1.82, 2.24) is 4.98 Å². The Morgan fingerprint density at radius 1 is 1.75 bits per heavy atom. The highest BCUT2D eigenvalue weighted by atomic mass is 32.1. The van der Waals surface area contributed by atoms with Crippen molar-refractivity contribution in [1.29, 1.82) is 0 Å². The highest BCUT2D eigenvalue weighted by Gasteiger charge is 2.08. The summed E-state index contributed by atoms with van der Waals surface area (Å²) in [4.78, 5) is 4.28. The molecule has 3 nitrogen and oxygen atoms in total. The number of rotatable bonds is 4. The van der Waals surface area contributed by atoms with Crippen molar-refractivity contribution in [3.63, 3.8) is 0 Å². The number of nitrogens with zero attached hydrogens (tertiary/aromatic N) is 1. The van der Waals surface area contributed by atoms with Crippen LogP contribution in [0.2, 0.25) is 0 Å². The molecule has 0 radical (unpaired) electrons. The number of nitrogens with two attached hydrogens (primary N) is 1.